The Labute approximate surface area is 163 Å². The average molecular weight is 381 g/mol. The molecule has 0 amide bonds. The minimum absolute atomic E-state index is 0.0695. The Hall–Kier alpha value is -2.86. The van der Waals surface area contributed by atoms with Crippen molar-refractivity contribution in [3.63, 3.8) is 0 Å². The van der Waals surface area contributed by atoms with Crippen molar-refractivity contribution in [1.82, 2.24) is 9.47 Å². The highest BCUT2D eigenvalue weighted by molar-refractivity contribution is 7.80. The van der Waals surface area contributed by atoms with Crippen molar-refractivity contribution in [3.8, 4) is 5.75 Å². The molecule has 2 heterocycles. The minimum atomic E-state index is -0.242. The number of anilines is 1. The van der Waals surface area contributed by atoms with Gasteiger partial charge in [-0.05, 0) is 54.2 Å². The third-order valence-electron chi connectivity index (χ3n) is 4.81. The zero-order valence-electron chi connectivity index (χ0n) is 14.9. The lowest BCUT2D eigenvalue weighted by molar-refractivity contribution is 0.293. The summed E-state index contributed by atoms with van der Waals surface area (Å²) in [6.45, 7) is 1.61. The molecule has 1 aliphatic heterocycles. The molecule has 3 aromatic rings. The number of methoxy groups -OCH3 is 1. The zero-order chi connectivity index (χ0) is 18.8. The predicted molar refractivity (Wildman–Crippen MR) is 109 cm³/mol. The summed E-state index contributed by atoms with van der Waals surface area (Å²) >= 11 is 5.73. The summed E-state index contributed by atoms with van der Waals surface area (Å²) < 4.78 is 20.9. The van der Waals surface area contributed by atoms with E-state index in [0.717, 1.165) is 35.8 Å². The Balaban J connectivity index is 1.65. The predicted octanol–water partition coefficient (Wildman–Crippen LogP) is 4.44. The lowest BCUT2D eigenvalue weighted by atomic mass is 10.0. The number of halogens is 1. The van der Waals surface area contributed by atoms with Crippen LogP contribution in [-0.2, 0) is 6.54 Å². The Morgan fingerprint density at radius 2 is 1.93 bits per heavy atom. The van der Waals surface area contributed by atoms with E-state index < -0.39 is 0 Å². The van der Waals surface area contributed by atoms with E-state index in [9.17, 15) is 4.39 Å². The lowest BCUT2D eigenvalue weighted by Crippen LogP contribution is -2.44. The first-order valence-corrected chi connectivity index (χ1v) is 9.19. The van der Waals surface area contributed by atoms with E-state index in [-0.39, 0.29) is 11.9 Å². The molecule has 1 aromatic heterocycles. The Kier molecular flexibility index (Phi) is 4.81. The van der Waals surface area contributed by atoms with Crippen molar-refractivity contribution in [3.05, 3.63) is 83.9 Å². The molecule has 0 radical (unpaired) electrons. The van der Waals surface area contributed by atoms with Gasteiger partial charge in [-0.25, -0.2) is 4.39 Å². The third kappa shape index (κ3) is 3.53. The van der Waals surface area contributed by atoms with Gasteiger partial charge in [-0.3, -0.25) is 0 Å². The van der Waals surface area contributed by atoms with Gasteiger partial charge in [-0.1, -0.05) is 18.2 Å². The topological polar surface area (TPSA) is 29.4 Å². The summed E-state index contributed by atoms with van der Waals surface area (Å²) in [6, 6.07) is 18.4. The van der Waals surface area contributed by atoms with Crippen molar-refractivity contribution in [2.75, 3.05) is 19.0 Å². The number of fused-ring (bicyclic) bond motifs is 1. The van der Waals surface area contributed by atoms with Gasteiger partial charge in [0, 0.05) is 36.7 Å². The standard InChI is InChI=1S/C21H20FN3OS/c1-26-18-5-2-4-17(14-18)23-21(27)25-13-12-24-11-3-6-19(24)20(25)15-7-9-16(22)10-8-15/h2-11,14,20H,12-13H2,1H3,(H,23,27)/t20-/m1/s1. The number of ether oxygens (including phenoxy) is 1. The van der Waals surface area contributed by atoms with Crippen LogP contribution in [0.4, 0.5) is 10.1 Å². The molecule has 0 bridgehead atoms. The van der Waals surface area contributed by atoms with Crippen molar-refractivity contribution in [2.45, 2.75) is 12.6 Å². The van der Waals surface area contributed by atoms with E-state index in [1.807, 2.05) is 42.5 Å². The van der Waals surface area contributed by atoms with Gasteiger partial charge in [0.15, 0.2) is 5.11 Å². The summed E-state index contributed by atoms with van der Waals surface area (Å²) in [5.41, 5.74) is 3.02. The van der Waals surface area contributed by atoms with Crippen molar-refractivity contribution in [1.29, 1.82) is 0 Å². The molecule has 1 aliphatic rings. The molecule has 27 heavy (non-hydrogen) atoms. The van der Waals surface area contributed by atoms with Gasteiger partial charge in [0.1, 0.15) is 11.6 Å². The zero-order valence-corrected chi connectivity index (χ0v) is 15.7. The van der Waals surface area contributed by atoms with Gasteiger partial charge in [-0.15, -0.1) is 0 Å². The second-order valence-electron chi connectivity index (χ2n) is 6.44. The van der Waals surface area contributed by atoms with Crippen LogP contribution in [0.3, 0.4) is 0 Å². The van der Waals surface area contributed by atoms with E-state index in [0.29, 0.717) is 5.11 Å². The Morgan fingerprint density at radius 1 is 1.11 bits per heavy atom. The van der Waals surface area contributed by atoms with Gasteiger partial charge >= 0.3 is 0 Å². The summed E-state index contributed by atoms with van der Waals surface area (Å²) in [7, 11) is 1.64. The first kappa shape index (κ1) is 17.5. The number of nitrogens with zero attached hydrogens (tertiary/aromatic N) is 2. The fraction of sp³-hybridized carbons (Fsp3) is 0.190. The molecule has 0 fully saturated rings. The lowest BCUT2D eigenvalue weighted by Gasteiger charge is -2.39. The molecule has 4 nitrogen and oxygen atoms in total. The number of benzene rings is 2. The van der Waals surface area contributed by atoms with Crippen molar-refractivity contribution >= 4 is 23.0 Å². The van der Waals surface area contributed by atoms with Crippen LogP contribution in [0.15, 0.2) is 66.9 Å². The van der Waals surface area contributed by atoms with Crippen LogP contribution >= 0.6 is 12.2 Å². The second-order valence-corrected chi connectivity index (χ2v) is 6.82. The summed E-state index contributed by atoms with van der Waals surface area (Å²) in [6.07, 6.45) is 2.07. The first-order valence-electron chi connectivity index (χ1n) is 8.78. The molecule has 138 valence electrons. The maximum Gasteiger partial charge on any atom is 0.174 e. The highest BCUT2D eigenvalue weighted by Gasteiger charge is 2.30. The molecule has 1 N–H and O–H groups in total. The quantitative estimate of drug-likeness (QED) is 0.680. The number of thiocarbonyl (C=S) groups is 1. The van der Waals surface area contributed by atoms with Gasteiger partial charge < -0.3 is 19.5 Å². The SMILES string of the molecule is COc1cccc(NC(=S)N2CCn3cccc3[C@H]2c2ccc(F)cc2)c1. The summed E-state index contributed by atoms with van der Waals surface area (Å²) in [5, 5.41) is 3.94. The third-order valence-corrected chi connectivity index (χ3v) is 5.14. The second kappa shape index (κ2) is 7.40. The van der Waals surface area contributed by atoms with E-state index in [4.69, 9.17) is 17.0 Å². The van der Waals surface area contributed by atoms with Crippen molar-refractivity contribution < 1.29 is 9.13 Å². The van der Waals surface area contributed by atoms with Crippen LogP contribution in [-0.4, -0.2) is 28.2 Å². The monoisotopic (exact) mass is 381 g/mol. The largest absolute Gasteiger partial charge is 0.497 e. The van der Waals surface area contributed by atoms with Crippen LogP contribution in [0, 0.1) is 5.82 Å². The van der Waals surface area contributed by atoms with E-state index in [1.165, 1.54) is 12.1 Å². The average Bonchev–Trinajstić information content (AvgIpc) is 3.17. The molecule has 6 heteroatoms. The number of hydrogen-bond acceptors (Lipinski definition) is 2. The number of nitrogens with one attached hydrogen (secondary N) is 1. The Bertz CT molecular complexity index is 954. The molecule has 0 saturated carbocycles. The molecule has 0 unspecified atom stereocenters. The Morgan fingerprint density at radius 3 is 2.70 bits per heavy atom. The van der Waals surface area contributed by atoms with Gasteiger partial charge in [0.05, 0.1) is 13.2 Å². The van der Waals surface area contributed by atoms with E-state index in [2.05, 4.69) is 27.0 Å². The van der Waals surface area contributed by atoms with Crippen LogP contribution in [0.1, 0.15) is 17.3 Å². The normalized spacial score (nSPS) is 15.9. The maximum atomic E-state index is 13.4. The van der Waals surface area contributed by atoms with E-state index in [1.54, 1.807) is 7.11 Å². The maximum absolute atomic E-state index is 13.4. The molecular weight excluding hydrogens is 361 g/mol. The molecule has 2 aromatic carbocycles. The highest BCUT2D eigenvalue weighted by atomic mass is 32.1. The molecule has 0 spiro atoms. The van der Waals surface area contributed by atoms with Gasteiger partial charge in [0.2, 0.25) is 0 Å². The van der Waals surface area contributed by atoms with Gasteiger partial charge in [0.25, 0.3) is 0 Å². The van der Waals surface area contributed by atoms with Crippen LogP contribution < -0.4 is 10.1 Å². The molecule has 0 saturated heterocycles. The molecule has 1 atom stereocenters. The number of hydrogen-bond donors (Lipinski definition) is 1. The highest BCUT2D eigenvalue weighted by Crippen LogP contribution is 2.33. The van der Waals surface area contributed by atoms with Crippen molar-refractivity contribution in [2.24, 2.45) is 0 Å². The first-order chi connectivity index (χ1) is 13.2. The van der Waals surface area contributed by atoms with Crippen LogP contribution in [0.5, 0.6) is 5.75 Å². The van der Waals surface area contributed by atoms with E-state index >= 15 is 0 Å². The number of rotatable bonds is 3. The fourth-order valence-corrected chi connectivity index (χ4v) is 3.81. The fourth-order valence-electron chi connectivity index (χ4n) is 3.49. The molecular formula is C21H20FN3OS. The summed E-state index contributed by atoms with van der Waals surface area (Å²) in [4.78, 5) is 2.15. The molecule has 0 aliphatic carbocycles. The van der Waals surface area contributed by atoms with Crippen LogP contribution in [0.2, 0.25) is 0 Å². The smallest absolute Gasteiger partial charge is 0.174 e. The minimum Gasteiger partial charge on any atom is -0.497 e. The van der Waals surface area contributed by atoms with Gasteiger partial charge in [-0.2, -0.15) is 0 Å². The van der Waals surface area contributed by atoms with Crippen LogP contribution in [0.25, 0.3) is 0 Å². The molecule has 4 rings (SSSR count). The number of aromatic nitrogens is 1. The summed E-state index contributed by atoms with van der Waals surface area (Å²) in [5.74, 6) is 0.527.